The maximum absolute atomic E-state index is 8.74. The average molecular weight is 203 g/mol. The predicted octanol–water partition coefficient (Wildman–Crippen LogP) is 1.52. The fourth-order valence-electron chi connectivity index (χ4n) is 0.495. The molecule has 0 amide bonds. The summed E-state index contributed by atoms with van der Waals surface area (Å²) in [4.78, 5) is 2.97. The zero-order valence-corrected chi connectivity index (χ0v) is 7.22. The van der Waals surface area contributed by atoms with Crippen LogP contribution in [-0.2, 0) is 10.4 Å². The first kappa shape index (κ1) is 11.5. The number of benzene rings is 1. The largest absolute Gasteiger partial charge is 0.394 e. The number of rotatable bonds is 0. The molecule has 2 N–H and O–H groups in total. The lowest BCUT2D eigenvalue weighted by atomic mass is 10.3. The van der Waals surface area contributed by atoms with Gasteiger partial charge in [-0.3, -0.25) is 9.11 Å². The Kier molecular flexibility index (Phi) is 4.61. The van der Waals surface area contributed by atoms with Crippen molar-refractivity contribution >= 4 is 16.1 Å². The Hall–Kier alpha value is -1.49. The van der Waals surface area contributed by atoms with Gasteiger partial charge >= 0.3 is 16.1 Å². The van der Waals surface area contributed by atoms with Crippen LogP contribution in [-0.4, -0.2) is 17.5 Å². The molecule has 0 aliphatic rings. The summed E-state index contributed by atoms with van der Waals surface area (Å²) in [6.45, 7) is 0. The van der Waals surface area contributed by atoms with Crippen LogP contribution in [0.15, 0.2) is 30.3 Å². The average Bonchev–Trinajstić information content (AvgIpc) is 2.03. The molecule has 0 saturated carbocycles. The van der Waals surface area contributed by atoms with E-state index in [1.165, 1.54) is 0 Å². The lowest BCUT2D eigenvalue weighted by molar-refractivity contribution is 0.381. The van der Waals surface area contributed by atoms with Crippen LogP contribution in [0.2, 0.25) is 0 Å². The van der Waals surface area contributed by atoms with E-state index in [2.05, 4.69) is 4.98 Å². The minimum Gasteiger partial charge on any atom is -0.264 e. The van der Waals surface area contributed by atoms with Crippen LogP contribution in [0.4, 0.5) is 5.69 Å². The van der Waals surface area contributed by atoms with E-state index in [9.17, 15) is 0 Å². The van der Waals surface area contributed by atoms with E-state index in [0.29, 0.717) is 5.69 Å². The highest BCUT2D eigenvalue weighted by atomic mass is 32.3. The minimum absolute atomic E-state index is 0.590. The Labute approximate surface area is 75.0 Å². The van der Waals surface area contributed by atoms with E-state index < -0.39 is 10.4 Å². The fourth-order valence-corrected chi connectivity index (χ4v) is 0.495. The van der Waals surface area contributed by atoms with Crippen molar-refractivity contribution < 1.29 is 17.5 Å². The molecule has 0 bridgehead atoms. The van der Waals surface area contributed by atoms with Gasteiger partial charge in [0.05, 0.1) is 0 Å². The molecule has 0 spiro atoms. The lowest BCUT2D eigenvalue weighted by Gasteiger charge is -1.69. The molecule has 7 heteroatoms. The molecule has 13 heavy (non-hydrogen) atoms. The standard InChI is InChI=1S/C6H5N2.H2O4S/c7-8-6-4-2-1-3-5-6;1-5(2,3)4/h1-5H;(H2,1,2,3,4)/q+1;. The molecule has 0 heterocycles. The molecule has 0 unspecified atom stereocenters. The van der Waals surface area contributed by atoms with Crippen molar-refractivity contribution in [3.05, 3.63) is 35.3 Å². The summed E-state index contributed by atoms with van der Waals surface area (Å²) in [6.07, 6.45) is 0. The van der Waals surface area contributed by atoms with Gasteiger partial charge in [-0.15, -0.1) is 0 Å². The predicted molar refractivity (Wildman–Crippen MR) is 45.4 cm³/mol. The second kappa shape index (κ2) is 5.21. The Balaban J connectivity index is 0.000000252. The van der Waals surface area contributed by atoms with Gasteiger partial charge in [-0.1, -0.05) is 18.2 Å². The van der Waals surface area contributed by atoms with E-state index in [1.54, 1.807) is 12.1 Å². The van der Waals surface area contributed by atoms with Crippen molar-refractivity contribution in [3.63, 3.8) is 0 Å². The highest BCUT2D eigenvalue weighted by molar-refractivity contribution is 7.79. The zero-order chi connectivity index (χ0) is 10.3. The third-order valence-electron chi connectivity index (χ3n) is 0.872. The monoisotopic (exact) mass is 203 g/mol. The van der Waals surface area contributed by atoms with Gasteiger partial charge in [-0.05, 0) is 0 Å². The second-order valence-electron chi connectivity index (χ2n) is 1.88. The maximum atomic E-state index is 8.74. The summed E-state index contributed by atoms with van der Waals surface area (Å²) in [7, 11) is -4.67. The normalized spacial score (nSPS) is 9.31. The molecule has 0 radical (unpaired) electrons. The van der Waals surface area contributed by atoms with Crippen molar-refractivity contribution in [2.75, 3.05) is 0 Å². The van der Waals surface area contributed by atoms with Crippen LogP contribution in [0.1, 0.15) is 0 Å². The van der Waals surface area contributed by atoms with Crippen molar-refractivity contribution in [2.45, 2.75) is 0 Å². The molecule has 1 aromatic carbocycles. The van der Waals surface area contributed by atoms with Crippen LogP contribution in [0.3, 0.4) is 0 Å². The Morgan fingerprint density at radius 2 is 1.54 bits per heavy atom. The molecule has 6 nitrogen and oxygen atoms in total. The van der Waals surface area contributed by atoms with Gasteiger partial charge in [0.15, 0.2) is 4.98 Å². The smallest absolute Gasteiger partial charge is 0.264 e. The summed E-state index contributed by atoms with van der Waals surface area (Å²) >= 11 is 0. The molecule has 1 rings (SSSR count). The first-order chi connectivity index (χ1) is 5.93. The molecule has 0 aliphatic heterocycles. The number of hydrogen-bond acceptors (Lipinski definition) is 3. The van der Waals surface area contributed by atoms with Crippen molar-refractivity contribution in [1.82, 2.24) is 0 Å². The summed E-state index contributed by atoms with van der Waals surface area (Å²) < 4.78 is 31.6. The van der Waals surface area contributed by atoms with Gasteiger partial charge in [0.25, 0.3) is 0 Å². The molecular weight excluding hydrogens is 196 g/mol. The van der Waals surface area contributed by atoms with E-state index >= 15 is 0 Å². The van der Waals surface area contributed by atoms with Crippen molar-refractivity contribution in [3.8, 4) is 0 Å². The fraction of sp³-hybridized carbons (Fsp3) is 0. The van der Waals surface area contributed by atoms with E-state index in [1.807, 2.05) is 18.2 Å². The number of nitrogens with zero attached hydrogens (tertiary/aromatic N) is 2. The quantitative estimate of drug-likeness (QED) is 0.491. The first-order valence-corrected chi connectivity index (χ1v) is 4.43. The molecule has 70 valence electrons. The van der Waals surface area contributed by atoms with Gasteiger partial charge in [0.1, 0.15) is 0 Å². The molecular formula is C6H7N2O4S+. The summed E-state index contributed by atoms with van der Waals surface area (Å²) in [5, 5.41) is 8.16. The first-order valence-electron chi connectivity index (χ1n) is 3.03. The minimum atomic E-state index is -4.67. The Morgan fingerprint density at radius 1 is 1.15 bits per heavy atom. The SMILES string of the molecule is N#[N+]c1ccccc1.O=S(=O)(O)O. The zero-order valence-electron chi connectivity index (χ0n) is 6.40. The number of diazo groups is 1. The molecule has 0 aromatic heterocycles. The molecule has 0 saturated heterocycles. The highest BCUT2D eigenvalue weighted by Crippen LogP contribution is 2.07. The van der Waals surface area contributed by atoms with E-state index in [-0.39, 0.29) is 0 Å². The molecule has 0 aliphatic carbocycles. The van der Waals surface area contributed by atoms with Crippen molar-refractivity contribution in [1.29, 1.82) is 5.39 Å². The third-order valence-corrected chi connectivity index (χ3v) is 0.872. The van der Waals surface area contributed by atoms with Gasteiger partial charge in [-0.25, -0.2) is 0 Å². The topological polar surface area (TPSA) is 103 Å². The van der Waals surface area contributed by atoms with Gasteiger partial charge in [0.2, 0.25) is 5.39 Å². The number of hydrogen-bond donors (Lipinski definition) is 2. The summed E-state index contributed by atoms with van der Waals surface area (Å²) in [5.41, 5.74) is 0.590. The van der Waals surface area contributed by atoms with Crippen LogP contribution in [0.5, 0.6) is 0 Å². The molecule has 0 fully saturated rings. The summed E-state index contributed by atoms with van der Waals surface area (Å²) in [6, 6.07) is 8.94. The van der Waals surface area contributed by atoms with Crippen molar-refractivity contribution in [2.24, 2.45) is 0 Å². The van der Waals surface area contributed by atoms with Crippen LogP contribution < -0.4 is 0 Å². The molecule has 1 aromatic rings. The van der Waals surface area contributed by atoms with Crippen LogP contribution >= 0.6 is 0 Å². The maximum Gasteiger partial charge on any atom is 0.394 e. The van der Waals surface area contributed by atoms with E-state index in [0.717, 1.165) is 0 Å². The van der Waals surface area contributed by atoms with Gasteiger partial charge < -0.3 is 0 Å². The van der Waals surface area contributed by atoms with Crippen LogP contribution in [0.25, 0.3) is 4.98 Å². The van der Waals surface area contributed by atoms with E-state index in [4.69, 9.17) is 22.9 Å². The Bertz CT molecular complexity index is 373. The highest BCUT2D eigenvalue weighted by Gasteiger charge is 1.95. The van der Waals surface area contributed by atoms with Gasteiger partial charge in [0, 0.05) is 12.1 Å². The molecule has 0 atom stereocenters. The lowest BCUT2D eigenvalue weighted by Crippen LogP contribution is -1.89. The van der Waals surface area contributed by atoms with Gasteiger partial charge in [-0.2, -0.15) is 8.42 Å². The summed E-state index contributed by atoms with van der Waals surface area (Å²) in [5.74, 6) is 0. The van der Waals surface area contributed by atoms with Crippen LogP contribution in [0, 0.1) is 5.39 Å². The second-order valence-corrected chi connectivity index (χ2v) is 2.78. The third kappa shape index (κ3) is 10.5. The Morgan fingerprint density at radius 3 is 1.77 bits per heavy atom.